The highest BCUT2D eigenvalue weighted by molar-refractivity contribution is 5.94. The molecule has 1 aromatic carbocycles. The minimum absolute atomic E-state index is 0.0170. The zero-order chi connectivity index (χ0) is 19.5. The van der Waals surface area contributed by atoms with E-state index in [9.17, 15) is 14.0 Å². The summed E-state index contributed by atoms with van der Waals surface area (Å²) in [5, 5.41) is 2.85. The predicted molar refractivity (Wildman–Crippen MR) is 102 cm³/mol. The van der Waals surface area contributed by atoms with Crippen LogP contribution in [-0.4, -0.2) is 40.9 Å². The van der Waals surface area contributed by atoms with Gasteiger partial charge in [-0.2, -0.15) is 0 Å². The number of piperidine rings is 1. The highest BCUT2D eigenvalue weighted by Crippen LogP contribution is 2.30. The Morgan fingerprint density at radius 1 is 1.04 bits per heavy atom. The van der Waals surface area contributed by atoms with Crippen LogP contribution >= 0.6 is 0 Å². The van der Waals surface area contributed by atoms with Crippen molar-refractivity contribution in [3.05, 3.63) is 54.0 Å². The average molecular weight is 383 g/mol. The number of carbonyl (C=O) groups excluding carboxylic acids is 2. The van der Waals surface area contributed by atoms with Crippen LogP contribution in [0.3, 0.4) is 0 Å². The molecular formula is C21H22FN3O3. The minimum Gasteiger partial charge on any atom is -0.474 e. The van der Waals surface area contributed by atoms with Gasteiger partial charge in [-0.15, -0.1) is 0 Å². The molecule has 28 heavy (non-hydrogen) atoms. The fourth-order valence-corrected chi connectivity index (χ4v) is 3.24. The average Bonchev–Trinajstić information content (AvgIpc) is 3.56. The number of benzene rings is 1. The van der Waals surface area contributed by atoms with Crippen molar-refractivity contribution in [1.29, 1.82) is 0 Å². The Morgan fingerprint density at radius 3 is 2.36 bits per heavy atom. The van der Waals surface area contributed by atoms with E-state index in [4.69, 9.17) is 4.74 Å². The summed E-state index contributed by atoms with van der Waals surface area (Å²) >= 11 is 0. The van der Waals surface area contributed by atoms with Crippen molar-refractivity contribution in [2.45, 2.75) is 31.8 Å². The monoisotopic (exact) mass is 383 g/mol. The van der Waals surface area contributed by atoms with Crippen LogP contribution in [0.1, 0.15) is 36.0 Å². The van der Waals surface area contributed by atoms with Gasteiger partial charge in [-0.3, -0.25) is 9.59 Å². The van der Waals surface area contributed by atoms with Crippen LogP contribution in [0.5, 0.6) is 5.88 Å². The summed E-state index contributed by atoms with van der Waals surface area (Å²) in [6.07, 6.45) is 4.91. The molecule has 146 valence electrons. The number of nitrogens with one attached hydrogen (secondary N) is 1. The number of amides is 2. The Labute approximate surface area is 162 Å². The summed E-state index contributed by atoms with van der Waals surface area (Å²) in [5.74, 6) is 0.265. The van der Waals surface area contributed by atoms with E-state index < -0.39 is 0 Å². The second-order valence-electron chi connectivity index (χ2n) is 7.26. The Hall–Kier alpha value is -2.96. The molecule has 1 aromatic heterocycles. The van der Waals surface area contributed by atoms with Gasteiger partial charge >= 0.3 is 0 Å². The number of carbonyl (C=O) groups is 2. The van der Waals surface area contributed by atoms with E-state index in [1.54, 1.807) is 23.2 Å². The van der Waals surface area contributed by atoms with Gasteiger partial charge in [0.15, 0.2) is 0 Å². The highest BCUT2D eigenvalue weighted by atomic mass is 19.1. The molecule has 6 nitrogen and oxygen atoms in total. The topological polar surface area (TPSA) is 71.5 Å². The lowest BCUT2D eigenvalue weighted by atomic mass is 10.1. The Kier molecular flexibility index (Phi) is 5.23. The SMILES string of the molecule is O=C(Nc1ccc(OC2CCN(C(=O)c3ccc(F)cc3)CC2)nc1)C1CC1. The molecule has 1 N–H and O–H groups in total. The first-order valence-corrected chi connectivity index (χ1v) is 9.57. The van der Waals surface area contributed by atoms with Crippen LogP contribution in [0.15, 0.2) is 42.6 Å². The van der Waals surface area contributed by atoms with Crippen LogP contribution in [0.4, 0.5) is 10.1 Å². The molecule has 7 heteroatoms. The largest absolute Gasteiger partial charge is 0.474 e. The van der Waals surface area contributed by atoms with Crippen LogP contribution in [0.2, 0.25) is 0 Å². The number of ether oxygens (including phenoxy) is 1. The molecule has 1 aliphatic heterocycles. The first-order valence-electron chi connectivity index (χ1n) is 9.57. The molecule has 0 atom stereocenters. The first-order chi connectivity index (χ1) is 13.6. The summed E-state index contributed by atoms with van der Waals surface area (Å²) in [6.45, 7) is 1.16. The smallest absolute Gasteiger partial charge is 0.253 e. The van der Waals surface area contributed by atoms with E-state index in [2.05, 4.69) is 10.3 Å². The Bertz CT molecular complexity index is 842. The second-order valence-corrected chi connectivity index (χ2v) is 7.26. The van der Waals surface area contributed by atoms with E-state index in [1.165, 1.54) is 24.3 Å². The van der Waals surface area contributed by atoms with E-state index in [0.29, 0.717) is 43.1 Å². The van der Waals surface area contributed by atoms with E-state index in [-0.39, 0.29) is 29.7 Å². The van der Waals surface area contributed by atoms with Gasteiger partial charge < -0.3 is 15.0 Å². The van der Waals surface area contributed by atoms with E-state index in [0.717, 1.165) is 12.8 Å². The number of likely N-dealkylation sites (tertiary alicyclic amines) is 1. The van der Waals surface area contributed by atoms with Crippen molar-refractivity contribution in [2.24, 2.45) is 5.92 Å². The molecule has 2 amide bonds. The molecule has 0 radical (unpaired) electrons. The first kappa shape index (κ1) is 18.4. The maximum absolute atomic E-state index is 13.0. The number of anilines is 1. The van der Waals surface area contributed by atoms with Crippen LogP contribution < -0.4 is 10.1 Å². The van der Waals surface area contributed by atoms with Gasteiger partial charge in [-0.05, 0) is 43.2 Å². The van der Waals surface area contributed by atoms with Crippen LogP contribution in [0.25, 0.3) is 0 Å². The zero-order valence-corrected chi connectivity index (χ0v) is 15.4. The number of hydrogen-bond acceptors (Lipinski definition) is 4. The van der Waals surface area contributed by atoms with Crippen molar-refractivity contribution in [3.8, 4) is 5.88 Å². The standard InChI is InChI=1S/C21H22FN3O3/c22-16-5-3-15(4-6-16)21(27)25-11-9-18(10-12-25)28-19-8-7-17(13-23-19)24-20(26)14-1-2-14/h3-8,13-14,18H,1-2,9-12H2,(H,24,26). The molecule has 0 bridgehead atoms. The van der Waals surface area contributed by atoms with Gasteiger partial charge in [-0.25, -0.2) is 9.37 Å². The fraction of sp³-hybridized carbons (Fsp3) is 0.381. The van der Waals surface area contributed by atoms with E-state index in [1.807, 2.05) is 0 Å². The van der Waals surface area contributed by atoms with Gasteiger partial charge in [-0.1, -0.05) is 0 Å². The molecule has 0 spiro atoms. The summed E-state index contributed by atoms with van der Waals surface area (Å²) < 4.78 is 18.9. The van der Waals surface area contributed by atoms with Crippen molar-refractivity contribution in [2.75, 3.05) is 18.4 Å². The van der Waals surface area contributed by atoms with Crippen molar-refractivity contribution in [1.82, 2.24) is 9.88 Å². The highest BCUT2D eigenvalue weighted by Gasteiger charge is 2.29. The van der Waals surface area contributed by atoms with Gasteiger partial charge in [0.1, 0.15) is 11.9 Å². The second kappa shape index (κ2) is 7.96. The summed E-state index contributed by atoms with van der Waals surface area (Å²) in [4.78, 5) is 30.3. The number of aromatic nitrogens is 1. The Balaban J connectivity index is 1.26. The van der Waals surface area contributed by atoms with Crippen LogP contribution in [0, 0.1) is 11.7 Å². The number of nitrogens with zero attached hydrogens (tertiary/aromatic N) is 2. The maximum atomic E-state index is 13.0. The van der Waals surface area contributed by atoms with Crippen molar-refractivity contribution in [3.63, 3.8) is 0 Å². The van der Waals surface area contributed by atoms with Gasteiger partial charge in [0.25, 0.3) is 5.91 Å². The summed E-state index contributed by atoms with van der Waals surface area (Å²) in [7, 11) is 0. The predicted octanol–water partition coefficient (Wildman–Crippen LogP) is 3.25. The molecule has 1 aliphatic carbocycles. The fourth-order valence-electron chi connectivity index (χ4n) is 3.24. The lowest BCUT2D eigenvalue weighted by Gasteiger charge is -2.32. The van der Waals surface area contributed by atoms with E-state index >= 15 is 0 Å². The summed E-state index contributed by atoms with van der Waals surface area (Å²) in [6, 6.07) is 9.15. The lowest BCUT2D eigenvalue weighted by molar-refractivity contribution is -0.117. The number of rotatable bonds is 5. The molecule has 1 saturated carbocycles. The third-order valence-electron chi connectivity index (χ3n) is 5.06. The minimum atomic E-state index is -0.353. The molecule has 2 aliphatic rings. The number of halogens is 1. The van der Waals surface area contributed by atoms with Crippen molar-refractivity contribution < 1.29 is 18.7 Å². The number of hydrogen-bond donors (Lipinski definition) is 1. The molecule has 2 fully saturated rings. The molecular weight excluding hydrogens is 361 g/mol. The summed E-state index contributed by atoms with van der Waals surface area (Å²) in [5.41, 5.74) is 1.16. The third-order valence-corrected chi connectivity index (χ3v) is 5.06. The third kappa shape index (κ3) is 4.47. The molecule has 2 heterocycles. The number of pyridine rings is 1. The molecule has 2 aromatic rings. The van der Waals surface area contributed by atoms with Gasteiger partial charge in [0.05, 0.1) is 11.9 Å². The van der Waals surface area contributed by atoms with Crippen molar-refractivity contribution >= 4 is 17.5 Å². The normalized spacial score (nSPS) is 17.2. The maximum Gasteiger partial charge on any atom is 0.253 e. The lowest BCUT2D eigenvalue weighted by Crippen LogP contribution is -2.41. The van der Waals surface area contributed by atoms with Gasteiger partial charge in [0.2, 0.25) is 11.8 Å². The van der Waals surface area contributed by atoms with Crippen LogP contribution in [-0.2, 0) is 4.79 Å². The Morgan fingerprint density at radius 2 is 1.75 bits per heavy atom. The molecule has 4 rings (SSSR count). The quantitative estimate of drug-likeness (QED) is 0.860. The zero-order valence-electron chi connectivity index (χ0n) is 15.4. The molecule has 0 unspecified atom stereocenters. The molecule has 1 saturated heterocycles. The van der Waals surface area contributed by atoms with Gasteiger partial charge in [0, 0.05) is 43.5 Å².